The van der Waals surface area contributed by atoms with Crippen LogP contribution in [0.2, 0.25) is 0 Å². The predicted molar refractivity (Wildman–Crippen MR) is 114 cm³/mol. The van der Waals surface area contributed by atoms with E-state index in [9.17, 15) is 22.4 Å². The standard InChI is InChI=1S/C21H18F2N4O6S/c1-12-5-3-10-26-21(12)34(31,32)27-11-14(20(24-2)33-16(30)8-7-15(28)29)17(22)18(27)13-6-4-9-25-19(13)23/h3-11,20,24H,1-2H3,(H,28,29)/b8-7+. The number of carbonyl (C=O) groups excluding carboxylic acids is 1. The van der Waals surface area contributed by atoms with Crippen LogP contribution in [0.3, 0.4) is 0 Å². The van der Waals surface area contributed by atoms with Gasteiger partial charge in [0.05, 0.1) is 11.1 Å². The van der Waals surface area contributed by atoms with Crippen LogP contribution >= 0.6 is 0 Å². The average molecular weight is 492 g/mol. The van der Waals surface area contributed by atoms with E-state index in [2.05, 4.69) is 15.3 Å². The normalized spacial score (nSPS) is 12.6. The lowest BCUT2D eigenvalue weighted by Gasteiger charge is -2.15. The molecule has 0 saturated carbocycles. The second-order valence-corrected chi connectivity index (χ2v) is 8.52. The molecule has 0 aliphatic carbocycles. The minimum absolute atomic E-state index is 0.256. The number of nitrogens with one attached hydrogen (secondary N) is 1. The van der Waals surface area contributed by atoms with Crippen molar-refractivity contribution in [3.8, 4) is 11.3 Å². The molecule has 0 aromatic carbocycles. The Balaban J connectivity index is 2.23. The molecule has 0 amide bonds. The highest BCUT2D eigenvalue weighted by atomic mass is 32.2. The van der Waals surface area contributed by atoms with E-state index in [-0.39, 0.29) is 5.56 Å². The highest BCUT2D eigenvalue weighted by Gasteiger charge is 2.33. The zero-order chi connectivity index (χ0) is 25.0. The number of hydrogen-bond acceptors (Lipinski definition) is 8. The number of carbonyl (C=O) groups is 2. The molecular formula is C21H18F2N4O6S. The number of pyridine rings is 2. The number of aryl methyl sites for hydroxylation is 1. The van der Waals surface area contributed by atoms with E-state index < -0.39 is 61.8 Å². The second-order valence-electron chi connectivity index (χ2n) is 6.79. The van der Waals surface area contributed by atoms with E-state index in [0.29, 0.717) is 16.1 Å². The summed E-state index contributed by atoms with van der Waals surface area (Å²) >= 11 is 0. The van der Waals surface area contributed by atoms with Crippen molar-refractivity contribution in [2.24, 2.45) is 0 Å². The number of carboxylic acids is 1. The Morgan fingerprint density at radius 1 is 1.18 bits per heavy atom. The van der Waals surface area contributed by atoms with Crippen LogP contribution in [0.25, 0.3) is 11.3 Å². The molecule has 178 valence electrons. The summed E-state index contributed by atoms with van der Waals surface area (Å²) < 4.78 is 62.5. The molecule has 1 atom stereocenters. The summed E-state index contributed by atoms with van der Waals surface area (Å²) in [5, 5.41) is 10.7. The number of halogens is 2. The van der Waals surface area contributed by atoms with E-state index in [0.717, 1.165) is 18.5 Å². The Morgan fingerprint density at radius 2 is 1.85 bits per heavy atom. The van der Waals surface area contributed by atoms with Crippen LogP contribution in [0, 0.1) is 18.7 Å². The topological polar surface area (TPSA) is 140 Å². The number of hydrogen-bond donors (Lipinski definition) is 2. The third kappa shape index (κ3) is 4.84. The van der Waals surface area contributed by atoms with Crippen molar-refractivity contribution in [2.75, 3.05) is 7.05 Å². The van der Waals surface area contributed by atoms with Crippen LogP contribution in [-0.2, 0) is 24.3 Å². The van der Waals surface area contributed by atoms with Gasteiger partial charge in [0, 0.05) is 30.7 Å². The minimum atomic E-state index is -4.55. The van der Waals surface area contributed by atoms with Crippen molar-refractivity contribution in [3.05, 3.63) is 77.9 Å². The van der Waals surface area contributed by atoms with Crippen LogP contribution in [0.4, 0.5) is 8.78 Å². The molecule has 0 aliphatic heterocycles. The van der Waals surface area contributed by atoms with Gasteiger partial charge in [0.1, 0.15) is 5.69 Å². The Hall–Kier alpha value is -3.97. The fourth-order valence-corrected chi connectivity index (χ4v) is 4.59. The van der Waals surface area contributed by atoms with Gasteiger partial charge in [-0.05, 0) is 37.7 Å². The predicted octanol–water partition coefficient (Wildman–Crippen LogP) is 2.17. The van der Waals surface area contributed by atoms with Gasteiger partial charge in [-0.3, -0.25) is 5.32 Å². The molecular weight excluding hydrogens is 474 g/mol. The SMILES string of the molecule is CNC(OC(=O)/C=C/C(=O)O)c1cn(S(=O)(=O)c2ncccc2C)c(-c2cccnc2F)c1F. The van der Waals surface area contributed by atoms with Gasteiger partial charge in [-0.15, -0.1) is 0 Å². The van der Waals surface area contributed by atoms with Gasteiger partial charge in [-0.25, -0.2) is 27.9 Å². The molecule has 34 heavy (non-hydrogen) atoms. The number of rotatable bonds is 8. The summed E-state index contributed by atoms with van der Waals surface area (Å²) in [7, 11) is -3.26. The Labute approximate surface area is 192 Å². The molecule has 13 heteroatoms. The lowest BCUT2D eigenvalue weighted by Crippen LogP contribution is -2.23. The summed E-state index contributed by atoms with van der Waals surface area (Å²) in [4.78, 5) is 29.9. The van der Waals surface area contributed by atoms with Crippen LogP contribution in [0.5, 0.6) is 0 Å². The molecule has 3 aromatic rings. The van der Waals surface area contributed by atoms with Crippen LogP contribution in [0.1, 0.15) is 17.4 Å². The van der Waals surface area contributed by atoms with Gasteiger partial charge in [0.2, 0.25) is 5.95 Å². The molecule has 0 spiro atoms. The van der Waals surface area contributed by atoms with E-state index in [1.165, 1.54) is 38.4 Å². The molecule has 1 unspecified atom stereocenters. The molecule has 0 aliphatic rings. The zero-order valence-electron chi connectivity index (χ0n) is 17.8. The Kier molecular flexibility index (Phi) is 7.17. The number of ether oxygens (including phenoxy) is 1. The van der Waals surface area contributed by atoms with Gasteiger partial charge in [0.25, 0.3) is 10.0 Å². The second kappa shape index (κ2) is 9.89. The maximum atomic E-state index is 15.7. The summed E-state index contributed by atoms with van der Waals surface area (Å²) in [5.41, 5.74) is -1.36. The first-order chi connectivity index (χ1) is 16.1. The Morgan fingerprint density at radius 3 is 2.47 bits per heavy atom. The summed E-state index contributed by atoms with van der Waals surface area (Å²) in [5.74, 6) is -4.91. The van der Waals surface area contributed by atoms with Crippen molar-refractivity contribution in [3.63, 3.8) is 0 Å². The van der Waals surface area contributed by atoms with Crippen molar-refractivity contribution in [1.82, 2.24) is 19.3 Å². The van der Waals surface area contributed by atoms with Crippen LogP contribution < -0.4 is 5.32 Å². The highest BCUT2D eigenvalue weighted by molar-refractivity contribution is 7.90. The number of aliphatic carboxylic acids is 1. The number of esters is 1. The van der Waals surface area contributed by atoms with E-state index in [1.54, 1.807) is 0 Å². The molecule has 0 bridgehead atoms. The van der Waals surface area contributed by atoms with Gasteiger partial charge < -0.3 is 9.84 Å². The van der Waals surface area contributed by atoms with Gasteiger partial charge >= 0.3 is 11.9 Å². The monoisotopic (exact) mass is 492 g/mol. The molecule has 10 nitrogen and oxygen atoms in total. The summed E-state index contributed by atoms with van der Waals surface area (Å²) in [6.07, 6.45) is 2.73. The van der Waals surface area contributed by atoms with E-state index in [4.69, 9.17) is 9.84 Å². The smallest absolute Gasteiger partial charge is 0.332 e. The largest absolute Gasteiger partial charge is 0.478 e. The van der Waals surface area contributed by atoms with E-state index >= 15 is 4.39 Å². The molecule has 0 fully saturated rings. The highest BCUT2D eigenvalue weighted by Crippen LogP contribution is 2.34. The molecule has 3 aromatic heterocycles. The molecule has 2 N–H and O–H groups in total. The van der Waals surface area contributed by atoms with Crippen molar-refractivity contribution in [2.45, 2.75) is 18.2 Å². The van der Waals surface area contributed by atoms with E-state index in [1.807, 2.05) is 0 Å². The average Bonchev–Trinajstić information content (AvgIpc) is 3.14. The minimum Gasteiger partial charge on any atom is -0.478 e. The third-order valence-corrected chi connectivity index (χ3v) is 6.28. The number of nitrogens with zero attached hydrogens (tertiary/aromatic N) is 3. The number of aromatic nitrogens is 3. The number of carboxylic acid groups (broad SMARTS) is 1. The molecule has 0 radical (unpaired) electrons. The maximum Gasteiger partial charge on any atom is 0.332 e. The van der Waals surface area contributed by atoms with Gasteiger partial charge in [-0.1, -0.05) is 6.07 Å². The first-order valence-electron chi connectivity index (χ1n) is 9.55. The lowest BCUT2D eigenvalue weighted by atomic mass is 10.1. The lowest BCUT2D eigenvalue weighted by molar-refractivity contribution is -0.145. The fourth-order valence-electron chi connectivity index (χ4n) is 3.06. The van der Waals surface area contributed by atoms with Crippen LogP contribution in [0.15, 0.2) is 60.0 Å². The summed E-state index contributed by atoms with van der Waals surface area (Å²) in [6, 6.07) is 5.42. The van der Waals surface area contributed by atoms with Gasteiger partial charge in [0.15, 0.2) is 17.1 Å². The quantitative estimate of drug-likeness (QED) is 0.209. The van der Waals surface area contributed by atoms with Crippen molar-refractivity contribution < 1.29 is 36.6 Å². The fraction of sp³-hybridized carbons (Fsp3) is 0.143. The zero-order valence-corrected chi connectivity index (χ0v) is 18.6. The van der Waals surface area contributed by atoms with Gasteiger partial charge in [-0.2, -0.15) is 12.8 Å². The first-order valence-corrected chi connectivity index (χ1v) is 11.0. The molecule has 0 saturated heterocycles. The Bertz CT molecular complexity index is 1390. The summed E-state index contributed by atoms with van der Waals surface area (Å²) in [6.45, 7) is 1.48. The molecule has 3 rings (SSSR count). The molecule has 3 heterocycles. The van der Waals surface area contributed by atoms with Crippen LogP contribution in [-0.4, -0.2) is 46.5 Å². The van der Waals surface area contributed by atoms with Crippen molar-refractivity contribution >= 4 is 22.0 Å². The first kappa shape index (κ1) is 24.7. The third-order valence-electron chi connectivity index (χ3n) is 4.56. The maximum absolute atomic E-state index is 15.7. The van der Waals surface area contributed by atoms with Crippen molar-refractivity contribution in [1.29, 1.82) is 0 Å².